The summed E-state index contributed by atoms with van der Waals surface area (Å²) >= 11 is 0. The minimum atomic E-state index is 0. The monoisotopic (exact) mass is 133 g/mol. The van der Waals surface area contributed by atoms with E-state index in [1.54, 1.807) is 0 Å². The van der Waals surface area contributed by atoms with E-state index < -0.39 is 0 Å². The van der Waals surface area contributed by atoms with Crippen LogP contribution in [-0.2, 0) is 9.59 Å². The Bertz CT molecular complexity index is 69.1. The topological polar surface area (TPSA) is 69.1 Å². The van der Waals surface area contributed by atoms with E-state index in [9.17, 15) is 9.59 Å². The molecule has 0 aromatic rings. The molecule has 0 atom stereocenters. The summed E-state index contributed by atoms with van der Waals surface area (Å²) in [4.78, 5) is 18.9. The third-order valence-electron chi connectivity index (χ3n) is 0. The van der Waals surface area contributed by atoms with Crippen LogP contribution < -0.4 is 6.15 Å². The molecule has 0 aliphatic rings. The molecule has 0 fully saturated rings. The predicted molar refractivity (Wildman–Crippen MR) is 37.7 cm³/mol. The molecule has 0 saturated carbocycles. The van der Waals surface area contributed by atoms with Crippen LogP contribution >= 0.6 is 0 Å². The number of Topliss-reactive ketones (excluding diaryl/α,β-unsaturated/α-hetero) is 2. The van der Waals surface area contributed by atoms with Crippen molar-refractivity contribution >= 4 is 11.6 Å². The maximum atomic E-state index is 9.44. The minimum Gasteiger partial charge on any atom is -0.344 e. The lowest BCUT2D eigenvalue weighted by Gasteiger charge is -1.56. The highest BCUT2D eigenvalue weighted by Gasteiger charge is 1.62. The van der Waals surface area contributed by atoms with Gasteiger partial charge < -0.3 is 15.7 Å². The molecule has 3 N–H and O–H groups in total. The lowest BCUT2D eigenvalue weighted by molar-refractivity contribution is -0.115. The van der Waals surface area contributed by atoms with Gasteiger partial charge in [0.1, 0.15) is 11.6 Å². The molecule has 0 radical (unpaired) electrons. The molecule has 0 rings (SSSR count). The maximum Gasteiger partial charge on any atom is 0.126 e. The molecule has 3 nitrogen and oxygen atoms in total. The van der Waals surface area contributed by atoms with E-state index in [1.807, 2.05) is 0 Å². The van der Waals surface area contributed by atoms with Gasteiger partial charge in [-0.3, -0.25) is 0 Å². The van der Waals surface area contributed by atoms with E-state index in [0.29, 0.717) is 0 Å². The van der Waals surface area contributed by atoms with Crippen LogP contribution in [0.1, 0.15) is 27.7 Å². The van der Waals surface area contributed by atoms with Crippen molar-refractivity contribution in [3.63, 3.8) is 0 Å². The Balaban J connectivity index is -0.0000000720. The quantitative estimate of drug-likeness (QED) is 0.542. The van der Waals surface area contributed by atoms with E-state index in [2.05, 4.69) is 0 Å². The fourth-order valence-electron chi connectivity index (χ4n) is 0. The largest absolute Gasteiger partial charge is 0.344 e. The summed E-state index contributed by atoms with van der Waals surface area (Å²) in [6.45, 7) is 6.11. The van der Waals surface area contributed by atoms with Crippen molar-refractivity contribution in [1.82, 2.24) is 6.15 Å². The molecule has 0 unspecified atom stereocenters. The van der Waals surface area contributed by atoms with Crippen LogP contribution in [0.5, 0.6) is 0 Å². The first-order chi connectivity index (χ1) is 3.46. The van der Waals surface area contributed by atoms with E-state index in [0.717, 1.165) is 0 Å². The summed E-state index contributed by atoms with van der Waals surface area (Å²) in [6, 6.07) is 0. The minimum absolute atomic E-state index is 0. The summed E-state index contributed by atoms with van der Waals surface area (Å²) in [5.41, 5.74) is 0. The van der Waals surface area contributed by atoms with Crippen molar-refractivity contribution in [3.05, 3.63) is 0 Å². The molecular formula is C6H15NO2. The molecule has 9 heavy (non-hydrogen) atoms. The van der Waals surface area contributed by atoms with Crippen LogP contribution in [0.25, 0.3) is 0 Å². The van der Waals surface area contributed by atoms with Gasteiger partial charge in [-0.1, -0.05) is 0 Å². The van der Waals surface area contributed by atoms with Crippen LogP contribution in [0.4, 0.5) is 0 Å². The third-order valence-corrected chi connectivity index (χ3v) is 0. The van der Waals surface area contributed by atoms with Gasteiger partial charge in [0.2, 0.25) is 0 Å². The second-order valence-electron chi connectivity index (χ2n) is 1.82. The van der Waals surface area contributed by atoms with E-state index in [4.69, 9.17) is 0 Å². The van der Waals surface area contributed by atoms with E-state index >= 15 is 0 Å². The summed E-state index contributed by atoms with van der Waals surface area (Å²) in [5, 5.41) is 0. The van der Waals surface area contributed by atoms with Crippen molar-refractivity contribution in [2.45, 2.75) is 27.7 Å². The Morgan fingerprint density at radius 2 is 0.778 bits per heavy atom. The molecule has 0 aromatic heterocycles. The smallest absolute Gasteiger partial charge is 0.126 e. The highest BCUT2D eigenvalue weighted by Crippen LogP contribution is 1.50. The molecular weight excluding hydrogens is 118 g/mol. The van der Waals surface area contributed by atoms with Crippen molar-refractivity contribution < 1.29 is 9.59 Å². The standard InChI is InChI=1S/2C3H6O.H3N/c2*1-3(2)4;/h2*1-2H3;1H3. The molecule has 0 aliphatic carbocycles. The van der Waals surface area contributed by atoms with Gasteiger partial charge in [0.25, 0.3) is 0 Å². The highest BCUT2D eigenvalue weighted by atomic mass is 16.1. The number of rotatable bonds is 0. The second kappa shape index (κ2) is 10.3. The third kappa shape index (κ3) is 418. The Labute approximate surface area is 56.0 Å². The van der Waals surface area contributed by atoms with Crippen LogP contribution in [-0.4, -0.2) is 11.6 Å². The summed E-state index contributed by atoms with van der Waals surface area (Å²) in [5.74, 6) is 0.333. The average molecular weight is 133 g/mol. The molecule has 0 amide bonds. The van der Waals surface area contributed by atoms with Crippen LogP contribution in [0.2, 0.25) is 0 Å². The lowest BCUT2D eigenvalue weighted by atomic mass is 10.6. The predicted octanol–water partition coefficient (Wildman–Crippen LogP) is 1.35. The van der Waals surface area contributed by atoms with Crippen molar-refractivity contribution in [3.8, 4) is 0 Å². The van der Waals surface area contributed by atoms with Crippen molar-refractivity contribution in [1.29, 1.82) is 0 Å². The van der Waals surface area contributed by atoms with Gasteiger partial charge in [-0.05, 0) is 27.7 Å². The van der Waals surface area contributed by atoms with Gasteiger partial charge in [0.15, 0.2) is 0 Å². The van der Waals surface area contributed by atoms with Crippen LogP contribution in [0, 0.1) is 0 Å². The van der Waals surface area contributed by atoms with Gasteiger partial charge in [0.05, 0.1) is 0 Å². The highest BCUT2D eigenvalue weighted by molar-refractivity contribution is 5.72. The Kier molecular flexibility index (Phi) is 18.0. The van der Waals surface area contributed by atoms with Gasteiger partial charge in [-0.2, -0.15) is 0 Å². The zero-order valence-corrected chi connectivity index (χ0v) is 6.52. The molecule has 0 aromatic carbocycles. The number of carbonyl (C=O) groups excluding carboxylic acids is 2. The molecule has 0 saturated heterocycles. The van der Waals surface area contributed by atoms with Gasteiger partial charge in [0, 0.05) is 0 Å². The molecule has 0 bridgehead atoms. The van der Waals surface area contributed by atoms with E-state index in [1.165, 1.54) is 27.7 Å². The fraction of sp³-hybridized carbons (Fsp3) is 0.667. The normalized spacial score (nSPS) is 5.78. The zero-order valence-electron chi connectivity index (χ0n) is 6.52. The Morgan fingerprint density at radius 1 is 0.778 bits per heavy atom. The lowest BCUT2D eigenvalue weighted by Crippen LogP contribution is -1.69. The molecule has 0 heterocycles. The summed E-state index contributed by atoms with van der Waals surface area (Å²) < 4.78 is 0. The SMILES string of the molecule is CC(C)=O.CC(C)=O.N. The average Bonchev–Trinajstić information content (AvgIpc) is 1.25. The molecule has 56 valence electrons. The summed E-state index contributed by atoms with van der Waals surface area (Å²) in [7, 11) is 0. The summed E-state index contributed by atoms with van der Waals surface area (Å²) in [6.07, 6.45) is 0. The van der Waals surface area contributed by atoms with Gasteiger partial charge >= 0.3 is 0 Å². The first-order valence-corrected chi connectivity index (χ1v) is 2.41. The Morgan fingerprint density at radius 3 is 0.778 bits per heavy atom. The number of carbonyl (C=O) groups is 2. The number of ketones is 2. The van der Waals surface area contributed by atoms with Gasteiger partial charge in [-0.25, -0.2) is 0 Å². The molecule has 0 aliphatic heterocycles. The fourth-order valence-corrected chi connectivity index (χ4v) is 0. The number of hydrogen-bond acceptors (Lipinski definition) is 3. The molecule has 3 heteroatoms. The van der Waals surface area contributed by atoms with Gasteiger partial charge in [-0.15, -0.1) is 0 Å². The first-order valence-electron chi connectivity index (χ1n) is 2.41. The Hall–Kier alpha value is -0.700. The zero-order chi connectivity index (χ0) is 7.15. The van der Waals surface area contributed by atoms with Crippen LogP contribution in [0.15, 0.2) is 0 Å². The van der Waals surface area contributed by atoms with Crippen LogP contribution in [0.3, 0.4) is 0 Å². The van der Waals surface area contributed by atoms with E-state index in [-0.39, 0.29) is 17.7 Å². The number of hydrogen-bond donors (Lipinski definition) is 1. The molecule has 0 spiro atoms. The van der Waals surface area contributed by atoms with Crippen molar-refractivity contribution in [2.75, 3.05) is 0 Å². The second-order valence-corrected chi connectivity index (χ2v) is 1.82. The first kappa shape index (κ1) is 15.7. The maximum absolute atomic E-state index is 9.44. The van der Waals surface area contributed by atoms with Crippen molar-refractivity contribution in [2.24, 2.45) is 0 Å².